The lowest BCUT2D eigenvalue weighted by Gasteiger charge is -2.13. The molecular weight excluding hydrogens is 264 g/mol. The molecule has 0 amide bonds. The number of aromatic carboxylic acids is 1. The fourth-order valence-corrected chi connectivity index (χ4v) is 1.93. The molecule has 0 fully saturated rings. The Morgan fingerprint density at radius 3 is 2.30 bits per heavy atom. The molecule has 0 saturated heterocycles. The van der Waals surface area contributed by atoms with Gasteiger partial charge in [0, 0.05) is 11.8 Å². The fraction of sp³-hybridized carbons (Fsp3) is 0.133. The van der Waals surface area contributed by atoms with Crippen molar-refractivity contribution in [3.8, 4) is 0 Å². The molecule has 2 aromatic carbocycles. The summed E-state index contributed by atoms with van der Waals surface area (Å²) < 4.78 is 26.4. The molecule has 3 nitrogen and oxygen atoms in total. The van der Waals surface area contributed by atoms with Crippen LogP contribution in [0.15, 0.2) is 30.3 Å². The molecule has 0 aromatic heterocycles. The van der Waals surface area contributed by atoms with E-state index in [0.717, 1.165) is 17.2 Å². The lowest BCUT2D eigenvalue weighted by atomic mass is 10.1. The molecule has 0 unspecified atom stereocenters. The van der Waals surface area contributed by atoms with Crippen molar-refractivity contribution in [3.05, 3.63) is 58.7 Å². The zero-order valence-electron chi connectivity index (χ0n) is 11.0. The standard InChI is InChI=1S/C15H13F2NO2/c1-8-3-4-13(9(2)5-8)18-14-7-12(17)11(16)6-10(14)15(19)20/h3-7,18H,1-2H3,(H,19,20). The predicted octanol–water partition coefficient (Wildman–Crippen LogP) is 4.02. The molecular formula is C15H13F2NO2. The number of nitrogens with one attached hydrogen (secondary N) is 1. The summed E-state index contributed by atoms with van der Waals surface area (Å²) in [6.07, 6.45) is 0. The van der Waals surface area contributed by atoms with Crippen LogP contribution in [0.25, 0.3) is 0 Å². The van der Waals surface area contributed by atoms with Gasteiger partial charge in [0.1, 0.15) is 0 Å². The van der Waals surface area contributed by atoms with Gasteiger partial charge >= 0.3 is 5.97 Å². The number of hydrogen-bond acceptors (Lipinski definition) is 2. The first kappa shape index (κ1) is 14.0. The Balaban J connectivity index is 2.47. The number of rotatable bonds is 3. The van der Waals surface area contributed by atoms with Gasteiger partial charge in [0.25, 0.3) is 0 Å². The first-order chi connectivity index (χ1) is 9.38. The third kappa shape index (κ3) is 2.77. The SMILES string of the molecule is Cc1ccc(Nc2cc(F)c(F)cc2C(=O)O)c(C)c1. The van der Waals surface area contributed by atoms with Gasteiger partial charge in [-0.3, -0.25) is 0 Å². The Morgan fingerprint density at radius 2 is 1.70 bits per heavy atom. The molecule has 0 saturated carbocycles. The summed E-state index contributed by atoms with van der Waals surface area (Å²) >= 11 is 0. The quantitative estimate of drug-likeness (QED) is 0.890. The van der Waals surface area contributed by atoms with Crippen LogP contribution in [0.5, 0.6) is 0 Å². The lowest BCUT2D eigenvalue weighted by Crippen LogP contribution is -2.05. The molecule has 0 bridgehead atoms. The van der Waals surface area contributed by atoms with Crippen LogP contribution in [-0.2, 0) is 0 Å². The maximum absolute atomic E-state index is 13.3. The van der Waals surface area contributed by atoms with Gasteiger partial charge in [-0.2, -0.15) is 0 Å². The second-order valence-electron chi connectivity index (χ2n) is 4.56. The van der Waals surface area contributed by atoms with Gasteiger partial charge in [0.15, 0.2) is 11.6 Å². The Kier molecular flexibility index (Phi) is 3.70. The van der Waals surface area contributed by atoms with Crippen molar-refractivity contribution in [2.24, 2.45) is 0 Å². The summed E-state index contributed by atoms with van der Waals surface area (Å²) in [6, 6.07) is 7.03. The van der Waals surface area contributed by atoms with Crippen molar-refractivity contribution in [1.82, 2.24) is 0 Å². The Hall–Kier alpha value is -2.43. The molecule has 20 heavy (non-hydrogen) atoms. The highest BCUT2D eigenvalue weighted by atomic mass is 19.2. The van der Waals surface area contributed by atoms with E-state index in [0.29, 0.717) is 11.8 Å². The molecule has 0 atom stereocenters. The maximum atomic E-state index is 13.3. The van der Waals surface area contributed by atoms with E-state index in [1.165, 1.54) is 0 Å². The van der Waals surface area contributed by atoms with E-state index in [9.17, 15) is 13.6 Å². The molecule has 2 N–H and O–H groups in total. The van der Waals surface area contributed by atoms with Crippen LogP contribution < -0.4 is 5.32 Å². The van der Waals surface area contributed by atoms with E-state index in [-0.39, 0.29) is 11.3 Å². The normalized spacial score (nSPS) is 10.4. The topological polar surface area (TPSA) is 49.3 Å². The number of carboxylic acids is 1. The summed E-state index contributed by atoms with van der Waals surface area (Å²) in [4.78, 5) is 11.1. The second kappa shape index (κ2) is 5.28. The minimum Gasteiger partial charge on any atom is -0.478 e. The first-order valence-electron chi connectivity index (χ1n) is 5.95. The third-order valence-corrected chi connectivity index (χ3v) is 2.94. The number of aryl methyl sites for hydroxylation is 2. The first-order valence-corrected chi connectivity index (χ1v) is 5.95. The summed E-state index contributed by atoms with van der Waals surface area (Å²) in [5, 5.41) is 11.9. The molecule has 0 aliphatic heterocycles. The second-order valence-corrected chi connectivity index (χ2v) is 4.56. The van der Waals surface area contributed by atoms with E-state index in [4.69, 9.17) is 5.11 Å². The molecule has 0 spiro atoms. The van der Waals surface area contributed by atoms with Crippen molar-refractivity contribution in [1.29, 1.82) is 0 Å². The third-order valence-electron chi connectivity index (χ3n) is 2.94. The van der Waals surface area contributed by atoms with Gasteiger partial charge < -0.3 is 10.4 Å². The number of benzene rings is 2. The molecule has 0 aliphatic rings. The van der Waals surface area contributed by atoms with Gasteiger partial charge in [-0.15, -0.1) is 0 Å². The van der Waals surface area contributed by atoms with E-state index in [1.54, 1.807) is 6.07 Å². The zero-order chi connectivity index (χ0) is 14.9. The van der Waals surface area contributed by atoms with Gasteiger partial charge in [0.2, 0.25) is 0 Å². The summed E-state index contributed by atoms with van der Waals surface area (Å²) in [7, 11) is 0. The summed E-state index contributed by atoms with van der Waals surface area (Å²) in [6.45, 7) is 3.77. The van der Waals surface area contributed by atoms with Gasteiger partial charge in [0.05, 0.1) is 11.3 Å². The van der Waals surface area contributed by atoms with Crippen molar-refractivity contribution in [2.45, 2.75) is 13.8 Å². The Labute approximate surface area is 114 Å². The average Bonchev–Trinajstić information content (AvgIpc) is 2.36. The Bertz CT molecular complexity index is 684. The maximum Gasteiger partial charge on any atom is 0.337 e. The molecule has 0 aliphatic carbocycles. The molecule has 2 aromatic rings. The van der Waals surface area contributed by atoms with Crippen LogP contribution >= 0.6 is 0 Å². The van der Waals surface area contributed by atoms with Crippen molar-refractivity contribution in [3.63, 3.8) is 0 Å². The minimum atomic E-state index is -1.32. The minimum absolute atomic E-state index is 0.0170. The number of carbonyl (C=O) groups is 1. The van der Waals surface area contributed by atoms with Crippen molar-refractivity contribution >= 4 is 17.3 Å². The van der Waals surface area contributed by atoms with Crippen LogP contribution in [0, 0.1) is 25.5 Å². The molecule has 104 valence electrons. The highest BCUT2D eigenvalue weighted by Crippen LogP contribution is 2.26. The van der Waals surface area contributed by atoms with E-state index in [2.05, 4.69) is 5.32 Å². The molecule has 5 heteroatoms. The van der Waals surface area contributed by atoms with Crippen molar-refractivity contribution in [2.75, 3.05) is 5.32 Å². The smallest absolute Gasteiger partial charge is 0.337 e. The van der Waals surface area contributed by atoms with E-state index in [1.807, 2.05) is 26.0 Å². The van der Waals surface area contributed by atoms with Gasteiger partial charge in [-0.05, 0) is 31.5 Å². The monoisotopic (exact) mass is 277 g/mol. The van der Waals surface area contributed by atoms with Crippen molar-refractivity contribution < 1.29 is 18.7 Å². The number of halogens is 2. The van der Waals surface area contributed by atoms with Crippen LogP contribution in [0.3, 0.4) is 0 Å². The van der Waals surface area contributed by atoms with Crippen LogP contribution in [0.4, 0.5) is 20.2 Å². The highest BCUT2D eigenvalue weighted by molar-refractivity contribution is 5.95. The van der Waals surface area contributed by atoms with Crippen LogP contribution in [0.2, 0.25) is 0 Å². The largest absolute Gasteiger partial charge is 0.478 e. The van der Waals surface area contributed by atoms with Gasteiger partial charge in [-0.25, -0.2) is 13.6 Å². The zero-order valence-corrected chi connectivity index (χ0v) is 11.0. The summed E-state index contributed by atoms with van der Waals surface area (Å²) in [5.74, 6) is -3.60. The number of anilines is 2. The lowest BCUT2D eigenvalue weighted by molar-refractivity contribution is 0.0697. The van der Waals surface area contributed by atoms with E-state index < -0.39 is 17.6 Å². The Morgan fingerprint density at radius 1 is 1.05 bits per heavy atom. The average molecular weight is 277 g/mol. The predicted molar refractivity (Wildman–Crippen MR) is 72.5 cm³/mol. The van der Waals surface area contributed by atoms with Crippen LogP contribution in [0.1, 0.15) is 21.5 Å². The molecule has 2 rings (SSSR count). The van der Waals surface area contributed by atoms with Crippen LogP contribution in [-0.4, -0.2) is 11.1 Å². The number of hydrogen-bond donors (Lipinski definition) is 2. The van der Waals surface area contributed by atoms with E-state index >= 15 is 0 Å². The fourth-order valence-electron chi connectivity index (χ4n) is 1.93. The summed E-state index contributed by atoms with van der Waals surface area (Å²) in [5.41, 5.74) is 2.28. The number of carboxylic acid groups (broad SMARTS) is 1. The highest BCUT2D eigenvalue weighted by Gasteiger charge is 2.15. The molecule has 0 radical (unpaired) electrons. The van der Waals surface area contributed by atoms with Gasteiger partial charge in [-0.1, -0.05) is 17.7 Å². The molecule has 0 heterocycles.